The predicted molar refractivity (Wildman–Crippen MR) is 53.3 cm³/mol. The second-order valence-electron chi connectivity index (χ2n) is 5.37. The van der Waals surface area contributed by atoms with Crippen molar-refractivity contribution in [3.05, 3.63) is 0 Å². The molecule has 0 aromatic rings. The normalized spacial score (nSPS) is 44.1. The minimum Gasteiger partial charge on any atom is -0.393 e. The molecule has 0 unspecified atom stereocenters. The van der Waals surface area contributed by atoms with Gasteiger partial charge in [-0.15, -0.1) is 0 Å². The molecule has 0 radical (unpaired) electrons. The van der Waals surface area contributed by atoms with Crippen molar-refractivity contribution in [1.82, 2.24) is 0 Å². The Morgan fingerprint density at radius 3 is 2.54 bits per heavy atom. The van der Waals surface area contributed by atoms with Crippen LogP contribution in [0.4, 0.5) is 0 Å². The summed E-state index contributed by atoms with van der Waals surface area (Å²) in [5, 5.41) is 9.93. The topological polar surface area (TPSA) is 20.2 Å². The van der Waals surface area contributed by atoms with Crippen molar-refractivity contribution >= 4 is 0 Å². The lowest BCUT2D eigenvalue weighted by Gasteiger charge is -2.49. The Morgan fingerprint density at radius 2 is 1.85 bits per heavy atom. The minimum atomic E-state index is -0.00329. The van der Waals surface area contributed by atoms with E-state index in [1.54, 1.807) is 0 Å². The van der Waals surface area contributed by atoms with Gasteiger partial charge in [0.25, 0.3) is 0 Å². The maximum Gasteiger partial charge on any atom is 0.0939 e. The molecule has 76 valence electrons. The fraction of sp³-hybridized carbons (Fsp3) is 1.00. The van der Waals surface area contributed by atoms with Crippen molar-refractivity contribution in [2.45, 2.75) is 44.2 Å². The van der Waals surface area contributed by atoms with Gasteiger partial charge < -0.3 is 9.59 Å². The number of piperidine rings is 1. The molecule has 0 aromatic heterocycles. The molecule has 0 amide bonds. The molecule has 1 saturated carbocycles. The fourth-order valence-corrected chi connectivity index (χ4v) is 3.37. The Labute approximate surface area is 81.1 Å². The van der Waals surface area contributed by atoms with Crippen LogP contribution in [-0.2, 0) is 0 Å². The smallest absolute Gasteiger partial charge is 0.0939 e. The monoisotopic (exact) mass is 184 g/mol. The van der Waals surface area contributed by atoms with Crippen molar-refractivity contribution in [3.63, 3.8) is 0 Å². The third-order valence-electron chi connectivity index (χ3n) is 4.16. The van der Waals surface area contributed by atoms with E-state index >= 15 is 0 Å². The Balaban J connectivity index is 2.14. The number of likely N-dealkylation sites (tertiary alicyclic amines) is 1. The standard InChI is InChI=1S/C11H22NO/c1-12(2)8-4-5-9-10(12)6-3-7-11(9)13/h9-11,13H,3-8H2,1-2H3/q+1/t9-,10-,11+/m0/s1. The zero-order valence-electron chi connectivity index (χ0n) is 8.87. The maximum atomic E-state index is 9.93. The lowest BCUT2D eigenvalue weighted by atomic mass is 9.75. The third-order valence-corrected chi connectivity index (χ3v) is 4.16. The summed E-state index contributed by atoms with van der Waals surface area (Å²) in [7, 11) is 4.66. The average molecular weight is 184 g/mol. The largest absolute Gasteiger partial charge is 0.393 e. The second-order valence-corrected chi connectivity index (χ2v) is 5.37. The van der Waals surface area contributed by atoms with Crippen LogP contribution in [0.5, 0.6) is 0 Å². The quantitative estimate of drug-likeness (QED) is 0.564. The van der Waals surface area contributed by atoms with E-state index in [1.807, 2.05) is 0 Å². The van der Waals surface area contributed by atoms with Crippen LogP contribution in [0.25, 0.3) is 0 Å². The summed E-state index contributed by atoms with van der Waals surface area (Å²) in [6, 6.07) is 0.734. The first-order valence-electron chi connectivity index (χ1n) is 5.62. The number of hydrogen-bond acceptors (Lipinski definition) is 1. The third kappa shape index (κ3) is 1.62. The van der Waals surface area contributed by atoms with E-state index in [0.717, 1.165) is 16.9 Å². The van der Waals surface area contributed by atoms with Gasteiger partial charge in [-0.2, -0.15) is 0 Å². The van der Waals surface area contributed by atoms with E-state index in [2.05, 4.69) is 14.1 Å². The van der Waals surface area contributed by atoms with Crippen LogP contribution in [-0.4, -0.2) is 42.4 Å². The van der Waals surface area contributed by atoms with Gasteiger partial charge in [0.2, 0.25) is 0 Å². The molecule has 2 rings (SSSR count). The summed E-state index contributed by atoms with van der Waals surface area (Å²) in [6.45, 7) is 1.30. The lowest BCUT2D eigenvalue weighted by Crippen LogP contribution is -2.59. The van der Waals surface area contributed by atoms with Gasteiger partial charge in [0.15, 0.2) is 0 Å². The number of fused-ring (bicyclic) bond motifs is 1. The van der Waals surface area contributed by atoms with E-state index in [1.165, 1.54) is 32.2 Å². The molecular formula is C11H22NO+. The summed E-state index contributed by atoms with van der Waals surface area (Å²) in [4.78, 5) is 0. The molecule has 1 aliphatic carbocycles. The van der Waals surface area contributed by atoms with Crippen LogP contribution >= 0.6 is 0 Å². The van der Waals surface area contributed by atoms with Crippen molar-refractivity contribution in [2.24, 2.45) is 5.92 Å². The van der Waals surface area contributed by atoms with E-state index in [4.69, 9.17) is 0 Å². The van der Waals surface area contributed by atoms with Gasteiger partial charge in [0.1, 0.15) is 0 Å². The Morgan fingerprint density at radius 1 is 1.08 bits per heavy atom. The van der Waals surface area contributed by atoms with E-state index < -0.39 is 0 Å². The first-order chi connectivity index (χ1) is 6.11. The maximum absolute atomic E-state index is 9.93. The Kier molecular flexibility index (Phi) is 2.37. The number of hydrogen-bond donors (Lipinski definition) is 1. The molecule has 1 N–H and O–H groups in total. The highest BCUT2D eigenvalue weighted by Crippen LogP contribution is 2.37. The average Bonchev–Trinajstić information content (AvgIpc) is 2.06. The zero-order valence-corrected chi connectivity index (χ0v) is 8.87. The molecular weight excluding hydrogens is 162 g/mol. The van der Waals surface area contributed by atoms with Crippen LogP contribution < -0.4 is 0 Å². The molecule has 13 heavy (non-hydrogen) atoms. The molecule has 1 aliphatic heterocycles. The molecule has 2 nitrogen and oxygen atoms in total. The molecule has 0 aromatic carbocycles. The first kappa shape index (κ1) is 9.47. The van der Waals surface area contributed by atoms with E-state index in [-0.39, 0.29) is 6.10 Å². The molecule has 2 aliphatic rings. The fourth-order valence-electron chi connectivity index (χ4n) is 3.37. The summed E-state index contributed by atoms with van der Waals surface area (Å²) < 4.78 is 1.14. The summed E-state index contributed by atoms with van der Waals surface area (Å²) in [6.07, 6.45) is 6.15. The highest BCUT2D eigenvalue weighted by atomic mass is 16.3. The summed E-state index contributed by atoms with van der Waals surface area (Å²) >= 11 is 0. The van der Waals surface area contributed by atoms with Crippen molar-refractivity contribution in [3.8, 4) is 0 Å². The van der Waals surface area contributed by atoms with Crippen LogP contribution in [0.2, 0.25) is 0 Å². The number of nitrogens with zero attached hydrogens (tertiary/aromatic N) is 1. The van der Waals surface area contributed by atoms with Crippen LogP contribution in [0.1, 0.15) is 32.1 Å². The van der Waals surface area contributed by atoms with Gasteiger partial charge in [0, 0.05) is 5.92 Å². The van der Waals surface area contributed by atoms with E-state index in [0.29, 0.717) is 5.92 Å². The van der Waals surface area contributed by atoms with Crippen LogP contribution in [0, 0.1) is 5.92 Å². The molecule has 0 spiro atoms. The number of aliphatic hydroxyl groups excluding tert-OH is 1. The van der Waals surface area contributed by atoms with Gasteiger partial charge in [-0.1, -0.05) is 0 Å². The summed E-state index contributed by atoms with van der Waals surface area (Å²) in [5.41, 5.74) is 0. The number of aliphatic hydroxyl groups is 1. The van der Waals surface area contributed by atoms with Crippen molar-refractivity contribution < 1.29 is 9.59 Å². The second kappa shape index (κ2) is 3.25. The van der Waals surface area contributed by atoms with E-state index in [9.17, 15) is 5.11 Å². The highest BCUT2D eigenvalue weighted by molar-refractivity contribution is 4.85. The predicted octanol–water partition coefficient (Wildman–Crippen LogP) is 1.39. The SMILES string of the molecule is C[N+]1(C)CCC[C@@H]2[C@H](O)CCC[C@@H]21. The minimum absolute atomic E-state index is 0.00329. The molecule has 0 bridgehead atoms. The van der Waals surface area contributed by atoms with Crippen LogP contribution in [0.15, 0.2) is 0 Å². The Hall–Kier alpha value is -0.0800. The molecule has 1 saturated heterocycles. The van der Waals surface area contributed by atoms with Crippen molar-refractivity contribution in [2.75, 3.05) is 20.6 Å². The highest BCUT2D eigenvalue weighted by Gasteiger charge is 2.44. The van der Waals surface area contributed by atoms with Gasteiger partial charge in [-0.25, -0.2) is 0 Å². The zero-order chi connectivity index (χ0) is 9.47. The first-order valence-corrected chi connectivity index (χ1v) is 5.62. The lowest BCUT2D eigenvalue weighted by molar-refractivity contribution is -0.926. The van der Waals surface area contributed by atoms with Gasteiger partial charge in [-0.05, 0) is 32.1 Å². The van der Waals surface area contributed by atoms with Gasteiger partial charge >= 0.3 is 0 Å². The number of quaternary nitrogens is 1. The van der Waals surface area contributed by atoms with Crippen molar-refractivity contribution in [1.29, 1.82) is 0 Å². The van der Waals surface area contributed by atoms with Gasteiger partial charge in [-0.3, -0.25) is 0 Å². The molecule has 1 heterocycles. The number of rotatable bonds is 0. The Bertz CT molecular complexity index is 191. The molecule has 3 atom stereocenters. The van der Waals surface area contributed by atoms with Gasteiger partial charge in [0.05, 0.1) is 32.8 Å². The molecule has 2 heteroatoms. The summed E-state index contributed by atoms with van der Waals surface area (Å²) in [5.74, 6) is 0.595. The van der Waals surface area contributed by atoms with Crippen LogP contribution in [0.3, 0.4) is 0 Å². The molecule has 2 fully saturated rings.